The highest BCUT2D eigenvalue weighted by atomic mass is 31.1. The molecule has 0 heterocycles. The Hall–Kier alpha value is -1.01. The first kappa shape index (κ1) is 18.0. The monoisotopic (exact) mass is 306 g/mol. The lowest BCUT2D eigenvalue weighted by atomic mass is 9.78. The van der Waals surface area contributed by atoms with Crippen molar-refractivity contribution in [1.29, 1.82) is 0 Å². The molecule has 0 saturated carbocycles. The minimum atomic E-state index is -0.0657. The van der Waals surface area contributed by atoms with Gasteiger partial charge in [0, 0.05) is 18.1 Å². The molecule has 0 saturated heterocycles. The highest BCUT2D eigenvalue weighted by Crippen LogP contribution is 2.33. The third-order valence-electron chi connectivity index (χ3n) is 4.15. The molecule has 0 fully saturated rings. The molecule has 0 aliphatic carbocycles. The van der Waals surface area contributed by atoms with Crippen molar-refractivity contribution in [1.82, 2.24) is 0 Å². The number of benzene rings is 1. The largest absolute Gasteiger partial charge is 0.294 e. The molecular weight excluding hydrogens is 279 g/mol. The van der Waals surface area contributed by atoms with Gasteiger partial charge in [-0.05, 0) is 55.2 Å². The Morgan fingerprint density at radius 1 is 1.19 bits per heavy atom. The van der Waals surface area contributed by atoms with Crippen molar-refractivity contribution in [2.75, 3.05) is 6.16 Å². The van der Waals surface area contributed by atoms with Crippen molar-refractivity contribution in [3.8, 4) is 0 Å². The standard InChI is InChI=1S/C18H27O2P/c1-12(11-21-20)9-18(5,6)10-16(19)17-14(3)8-7-13(2)15(17)4/h7-8,12H,9-11H2,1-6H3. The van der Waals surface area contributed by atoms with Gasteiger partial charge >= 0.3 is 0 Å². The molecule has 2 nitrogen and oxygen atoms in total. The molecule has 0 amide bonds. The van der Waals surface area contributed by atoms with Crippen LogP contribution in [-0.2, 0) is 4.57 Å². The quantitative estimate of drug-likeness (QED) is 0.490. The number of rotatable bonds is 7. The van der Waals surface area contributed by atoms with Gasteiger partial charge in [-0.3, -0.25) is 9.36 Å². The Morgan fingerprint density at radius 2 is 1.76 bits per heavy atom. The van der Waals surface area contributed by atoms with Crippen molar-refractivity contribution in [2.45, 2.75) is 54.4 Å². The zero-order valence-corrected chi connectivity index (χ0v) is 15.0. The van der Waals surface area contributed by atoms with E-state index in [2.05, 4.69) is 26.8 Å². The van der Waals surface area contributed by atoms with E-state index in [0.29, 0.717) is 18.5 Å². The number of Topliss-reactive ketones (excluding diaryl/α,β-unsaturated/α-hetero) is 1. The van der Waals surface area contributed by atoms with E-state index in [1.807, 2.05) is 26.8 Å². The van der Waals surface area contributed by atoms with E-state index in [9.17, 15) is 9.36 Å². The third-order valence-corrected chi connectivity index (χ3v) is 4.92. The Morgan fingerprint density at radius 3 is 2.33 bits per heavy atom. The fraction of sp³-hybridized carbons (Fsp3) is 0.611. The maximum Gasteiger partial charge on any atom is 0.163 e. The van der Waals surface area contributed by atoms with Gasteiger partial charge in [0.05, 0.1) is 0 Å². The average Bonchev–Trinajstić information content (AvgIpc) is 2.33. The van der Waals surface area contributed by atoms with Crippen molar-refractivity contribution < 1.29 is 9.36 Å². The summed E-state index contributed by atoms with van der Waals surface area (Å²) in [4.78, 5) is 12.7. The molecule has 0 bridgehead atoms. The Kier molecular flexibility index (Phi) is 6.28. The van der Waals surface area contributed by atoms with E-state index in [4.69, 9.17) is 0 Å². The van der Waals surface area contributed by atoms with Crippen molar-refractivity contribution in [3.63, 3.8) is 0 Å². The number of carbonyl (C=O) groups is 1. The lowest BCUT2D eigenvalue weighted by Gasteiger charge is -2.27. The minimum absolute atomic E-state index is 0.0657. The first-order valence-electron chi connectivity index (χ1n) is 7.57. The second-order valence-electron chi connectivity index (χ2n) is 7.08. The number of hydrogen-bond acceptors (Lipinski definition) is 2. The molecule has 3 heteroatoms. The number of ketones is 1. The van der Waals surface area contributed by atoms with Crippen molar-refractivity contribution in [3.05, 3.63) is 34.4 Å². The highest BCUT2D eigenvalue weighted by molar-refractivity contribution is 7.23. The Bertz CT molecular complexity index is 532. The molecule has 1 aromatic rings. The SMILES string of the molecule is Cc1ccc(C)c(C(=O)CC(C)(C)CC(C)CP=O)c1C. The van der Waals surface area contributed by atoms with E-state index in [-0.39, 0.29) is 19.7 Å². The summed E-state index contributed by atoms with van der Waals surface area (Å²) >= 11 is 0. The molecule has 0 aliphatic heterocycles. The Balaban J connectivity index is 2.90. The summed E-state index contributed by atoms with van der Waals surface area (Å²) < 4.78 is 10.7. The molecule has 1 unspecified atom stereocenters. The predicted octanol–water partition coefficient (Wildman–Crippen LogP) is 5.53. The highest BCUT2D eigenvalue weighted by Gasteiger charge is 2.26. The fourth-order valence-corrected chi connectivity index (χ4v) is 3.49. The van der Waals surface area contributed by atoms with Crippen LogP contribution in [0.25, 0.3) is 0 Å². The van der Waals surface area contributed by atoms with Gasteiger partial charge in [-0.25, -0.2) is 0 Å². The number of aryl methyl sites for hydroxylation is 2. The number of carbonyl (C=O) groups excluding carboxylic acids is 1. The molecule has 0 aliphatic rings. The molecule has 1 atom stereocenters. The van der Waals surface area contributed by atoms with Crippen LogP contribution in [0.15, 0.2) is 12.1 Å². The van der Waals surface area contributed by atoms with Gasteiger partial charge in [-0.2, -0.15) is 0 Å². The smallest absolute Gasteiger partial charge is 0.163 e. The van der Waals surface area contributed by atoms with Gasteiger partial charge < -0.3 is 0 Å². The number of hydrogen-bond donors (Lipinski definition) is 0. The molecule has 0 aromatic heterocycles. The molecule has 21 heavy (non-hydrogen) atoms. The van der Waals surface area contributed by atoms with Gasteiger partial charge in [0.2, 0.25) is 0 Å². The van der Waals surface area contributed by atoms with Crippen LogP contribution in [0.4, 0.5) is 0 Å². The van der Waals surface area contributed by atoms with Crippen molar-refractivity contribution in [2.24, 2.45) is 11.3 Å². The van der Waals surface area contributed by atoms with E-state index in [1.54, 1.807) is 0 Å². The molecule has 1 rings (SSSR count). The van der Waals surface area contributed by atoms with Crippen molar-refractivity contribution >= 4 is 14.2 Å². The van der Waals surface area contributed by atoms with Crippen LogP contribution < -0.4 is 0 Å². The molecular formula is C18H27O2P. The van der Waals surface area contributed by atoms with Crippen LogP contribution >= 0.6 is 8.46 Å². The molecule has 116 valence electrons. The van der Waals surface area contributed by atoms with E-state index in [1.165, 1.54) is 5.56 Å². The summed E-state index contributed by atoms with van der Waals surface area (Å²) in [5, 5.41) is 0. The van der Waals surface area contributed by atoms with Crippen LogP contribution in [0.3, 0.4) is 0 Å². The lowest BCUT2D eigenvalue weighted by Crippen LogP contribution is -2.22. The maximum atomic E-state index is 12.7. The van der Waals surface area contributed by atoms with Gasteiger partial charge in [0.25, 0.3) is 0 Å². The predicted molar refractivity (Wildman–Crippen MR) is 89.6 cm³/mol. The topological polar surface area (TPSA) is 34.1 Å². The van der Waals surface area contributed by atoms with Crippen LogP contribution in [0.5, 0.6) is 0 Å². The molecule has 0 N–H and O–H groups in total. The van der Waals surface area contributed by atoms with Crippen LogP contribution in [-0.4, -0.2) is 11.9 Å². The lowest BCUT2D eigenvalue weighted by molar-refractivity contribution is 0.0916. The zero-order chi connectivity index (χ0) is 16.2. The fourth-order valence-electron chi connectivity index (χ4n) is 3.11. The summed E-state index contributed by atoms with van der Waals surface area (Å²) in [6, 6.07) is 4.10. The summed E-state index contributed by atoms with van der Waals surface area (Å²) in [6.45, 7) is 12.4. The van der Waals surface area contributed by atoms with Gasteiger partial charge in [-0.15, -0.1) is 0 Å². The first-order valence-corrected chi connectivity index (χ1v) is 8.57. The maximum absolute atomic E-state index is 12.7. The van der Waals surface area contributed by atoms with Crippen LogP contribution in [0.2, 0.25) is 0 Å². The summed E-state index contributed by atoms with van der Waals surface area (Å²) in [5.41, 5.74) is 4.15. The van der Waals surface area contributed by atoms with E-state index >= 15 is 0 Å². The van der Waals surface area contributed by atoms with Gasteiger partial charge in [-0.1, -0.05) is 32.9 Å². The third kappa shape index (κ3) is 5.04. The normalized spacial score (nSPS) is 13.4. The van der Waals surface area contributed by atoms with Crippen LogP contribution in [0.1, 0.15) is 60.7 Å². The summed E-state index contributed by atoms with van der Waals surface area (Å²) in [5.74, 6) is 0.595. The Labute approximate surface area is 130 Å². The van der Waals surface area contributed by atoms with Gasteiger partial charge in [0.1, 0.15) is 0 Å². The summed E-state index contributed by atoms with van der Waals surface area (Å²) in [6.07, 6.45) is 2.12. The van der Waals surface area contributed by atoms with E-state index < -0.39 is 0 Å². The first-order chi connectivity index (χ1) is 9.68. The van der Waals surface area contributed by atoms with Gasteiger partial charge in [0.15, 0.2) is 14.2 Å². The summed E-state index contributed by atoms with van der Waals surface area (Å²) in [7, 11) is 0.195. The van der Waals surface area contributed by atoms with Crippen LogP contribution in [0, 0.1) is 32.1 Å². The second-order valence-corrected chi connectivity index (χ2v) is 7.71. The minimum Gasteiger partial charge on any atom is -0.294 e. The van der Waals surface area contributed by atoms with E-state index in [0.717, 1.165) is 23.1 Å². The average molecular weight is 306 g/mol. The zero-order valence-electron chi connectivity index (χ0n) is 14.1. The second kappa shape index (κ2) is 7.31. The molecule has 0 spiro atoms. The molecule has 1 aromatic carbocycles. The molecule has 0 radical (unpaired) electrons.